The average molecular weight is 455 g/mol. The Balaban J connectivity index is 1.40. The highest BCUT2D eigenvalue weighted by Crippen LogP contribution is 2.30. The van der Waals surface area contributed by atoms with Crippen LogP contribution in [0, 0.1) is 6.92 Å². The Hall–Kier alpha value is -3.71. The summed E-state index contributed by atoms with van der Waals surface area (Å²) in [6, 6.07) is 27.4. The molecule has 2 heterocycles. The van der Waals surface area contributed by atoms with Gasteiger partial charge in [0.25, 0.3) is 0 Å². The van der Waals surface area contributed by atoms with Crippen molar-refractivity contribution in [3.8, 4) is 5.75 Å². The van der Waals surface area contributed by atoms with Crippen molar-refractivity contribution in [3.05, 3.63) is 101 Å². The van der Waals surface area contributed by atoms with Gasteiger partial charge in [-0.3, -0.25) is 4.90 Å². The lowest BCUT2D eigenvalue weighted by atomic mass is 10.0. The quantitative estimate of drug-likeness (QED) is 0.421. The number of benzene rings is 3. The van der Waals surface area contributed by atoms with Crippen LogP contribution in [0.4, 0.5) is 5.69 Å². The molecule has 1 atom stereocenters. The number of aryl methyl sites for hydroxylation is 1. The van der Waals surface area contributed by atoms with E-state index in [0.29, 0.717) is 6.54 Å². The predicted octanol–water partition coefficient (Wildman–Crippen LogP) is 3.95. The average Bonchev–Trinajstić information content (AvgIpc) is 3.34. The number of anilines is 1. The third-order valence-corrected chi connectivity index (χ3v) is 6.49. The number of rotatable bonds is 7. The number of hydrogen-bond donors (Lipinski definition) is 0. The Morgan fingerprint density at radius 3 is 2.24 bits per heavy atom. The summed E-state index contributed by atoms with van der Waals surface area (Å²) in [5, 5.41) is 12.9. The molecule has 0 aliphatic carbocycles. The third kappa shape index (κ3) is 4.79. The van der Waals surface area contributed by atoms with Gasteiger partial charge < -0.3 is 9.64 Å². The van der Waals surface area contributed by atoms with E-state index in [4.69, 9.17) is 4.74 Å². The molecule has 0 spiro atoms. The van der Waals surface area contributed by atoms with Gasteiger partial charge in [-0.2, -0.15) is 0 Å². The summed E-state index contributed by atoms with van der Waals surface area (Å²) in [5.74, 6) is 1.76. The Kier molecular flexibility index (Phi) is 6.53. The van der Waals surface area contributed by atoms with Gasteiger partial charge in [-0.15, -0.1) is 5.10 Å². The Morgan fingerprint density at radius 1 is 0.853 bits per heavy atom. The van der Waals surface area contributed by atoms with Crippen LogP contribution < -0.4 is 9.64 Å². The van der Waals surface area contributed by atoms with Crippen LogP contribution in [0.1, 0.15) is 28.6 Å². The van der Waals surface area contributed by atoms with Gasteiger partial charge in [-0.05, 0) is 52.7 Å². The first-order valence-electron chi connectivity index (χ1n) is 11.7. The molecule has 7 heteroatoms. The summed E-state index contributed by atoms with van der Waals surface area (Å²) in [6.07, 6.45) is 0. The minimum absolute atomic E-state index is 0.00247. The lowest BCUT2D eigenvalue weighted by Gasteiger charge is -2.40. The molecule has 1 aliphatic heterocycles. The van der Waals surface area contributed by atoms with Crippen molar-refractivity contribution in [2.75, 3.05) is 38.2 Å². The molecule has 1 unspecified atom stereocenters. The smallest absolute Gasteiger partial charge is 0.173 e. The molecule has 1 aliphatic rings. The fourth-order valence-electron chi connectivity index (χ4n) is 4.58. The molecule has 0 saturated carbocycles. The Bertz CT molecular complexity index is 1180. The molecule has 3 aromatic carbocycles. The van der Waals surface area contributed by atoms with Crippen LogP contribution in [0.2, 0.25) is 0 Å². The molecule has 5 rings (SSSR count). The molecule has 7 nitrogen and oxygen atoms in total. The van der Waals surface area contributed by atoms with E-state index in [1.807, 2.05) is 22.9 Å². The SMILES string of the molecule is COc1ccc(N2CCN(C(c3ccc(C)cc3)c3nnnn3Cc3ccccc3)CC2)cc1. The Labute approximate surface area is 200 Å². The van der Waals surface area contributed by atoms with Crippen LogP contribution in [0.3, 0.4) is 0 Å². The third-order valence-electron chi connectivity index (χ3n) is 6.49. The van der Waals surface area contributed by atoms with Crippen molar-refractivity contribution in [3.63, 3.8) is 0 Å². The van der Waals surface area contributed by atoms with E-state index in [1.54, 1.807) is 7.11 Å². The van der Waals surface area contributed by atoms with Gasteiger partial charge in [0.15, 0.2) is 5.82 Å². The van der Waals surface area contributed by atoms with Crippen LogP contribution in [0.15, 0.2) is 78.9 Å². The molecule has 4 aromatic rings. The summed E-state index contributed by atoms with van der Waals surface area (Å²) in [5.41, 5.74) is 4.87. The molecule has 174 valence electrons. The number of ether oxygens (including phenoxy) is 1. The molecule has 34 heavy (non-hydrogen) atoms. The lowest BCUT2D eigenvalue weighted by Crippen LogP contribution is -2.48. The van der Waals surface area contributed by atoms with Gasteiger partial charge in [0.05, 0.1) is 19.7 Å². The highest BCUT2D eigenvalue weighted by atomic mass is 16.5. The summed E-state index contributed by atoms with van der Waals surface area (Å²) < 4.78 is 7.25. The minimum Gasteiger partial charge on any atom is -0.497 e. The molecule has 1 aromatic heterocycles. The van der Waals surface area contributed by atoms with Crippen molar-refractivity contribution < 1.29 is 4.74 Å². The van der Waals surface area contributed by atoms with E-state index in [1.165, 1.54) is 22.4 Å². The number of piperazine rings is 1. The van der Waals surface area contributed by atoms with Gasteiger partial charge in [0.1, 0.15) is 5.75 Å². The van der Waals surface area contributed by atoms with Crippen molar-refractivity contribution in [1.82, 2.24) is 25.1 Å². The second-order valence-corrected chi connectivity index (χ2v) is 8.71. The van der Waals surface area contributed by atoms with E-state index in [-0.39, 0.29) is 6.04 Å². The van der Waals surface area contributed by atoms with Gasteiger partial charge >= 0.3 is 0 Å². The summed E-state index contributed by atoms with van der Waals surface area (Å²) in [4.78, 5) is 4.92. The van der Waals surface area contributed by atoms with Crippen molar-refractivity contribution in [2.24, 2.45) is 0 Å². The van der Waals surface area contributed by atoms with Crippen LogP contribution >= 0.6 is 0 Å². The lowest BCUT2D eigenvalue weighted by molar-refractivity contribution is 0.201. The summed E-state index contributed by atoms with van der Waals surface area (Å²) in [7, 11) is 1.70. The first-order valence-corrected chi connectivity index (χ1v) is 11.7. The maximum absolute atomic E-state index is 5.31. The van der Waals surface area contributed by atoms with E-state index < -0.39 is 0 Å². The highest BCUT2D eigenvalue weighted by molar-refractivity contribution is 5.49. The molecule has 1 fully saturated rings. The second-order valence-electron chi connectivity index (χ2n) is 8.71. The zero-order valence-electron chi connectivity index (χ0n) is 19.7. The Morgan fingerprint density at radius 2 is 1.56 bits per heavy atom. The number of aromatic nitrogens is 4. The number of hydrogen-bond acceptors (Lipinski definition) is 6. The van der Waals surface area contributed by atoms with Gasteiger partial charge in [0.2, 0.25) is 0 Å². The van der Waals surface area contributed by atoms with Gasteiger partial charge in [-0.25, -0.2) is 4.68 Å². The number of nitrogens with zero attached hydrogens (tertiary/aromatic N) is 6. The molecule has 1 saturated heterocycles. The monoisotopic (exact) mass is 454 g/mol. The zero-order valence-corrected chi connectivity index (χ0v) is 19.7. The van der Waals surface area contributed by atoms with Crippen LogP contribution in [-0.4, -0.2) is 58.4 Å². The normalized spacial score (nSPS) is 15.3. The zero-order chi connectivity index (χ0) is 23.3. The minimum atomic E-state index is -0.00247. The van der Waals surface area contributed by atoms with E-state index >= 15 is 0 Å². The molecule has 0 bridgehead atoms. The largest absolute Gasteiger partial charge is 0.497 e. The first-order chi connectivity index (χ1) is 16.7. The maximum Gasteiger partial charge on any atom is 0.173 e. The standard InChI is InChI=1S/C27H30N6O/c1-21-8-10-23(11-9-21)26(27-28-29-30-33(27)20-22-6-4-3-5-7-22)32-18-16-31(17-19-32)24-12-14-25(34-2)15-13-24/h3-15,26H,16-20H2,1-2H3. The summed E-state index contributed by atoms with van der Waals surface area (Å²) in [6.45, 7) is 6.48. The topological polar surface area (TPSA) is 59.3 Å². The van der Waals surface area contributed by atoms with Crippen LogP contribution in [-0.2, 0) is 6.54 Å². The van der Waals surface area contributed by atoms with Crippen molar-refractivity contribution in [1.29, 1.82) is 0 Å². The molecular weight excluding hydrogens is 424 g/mol. The number of methoxy groups -OCH3 is 1. The van der Waals surface area contributed by atoms with E-state index in [2.05, 4.69) is 92.9 Å². The fourth-order valence-corrected chi connectivity index (χ4v) is 4.58. The molecule has 0 N–H and O–H groups in total. The van der Waals surface area contributed by atoms with Crippen molar-refractivity contribution in [2.45, 2.75) is 19.5 Å². The molecule has 0 radical (unpaired) electrons. The number of tetrazole rings is 1. The first kappa shape index (κ1) is 22.1. The van der Waals surface area contributed by atoms with Gasteiger partial charge in [0, 0.05) is 31.9 Å². The molecule has 0 amide bonds. The van der Waals surface area contributed by atoms with E-state index in [0.717, 1.165) is 37.8 Å². The second kappa shape index (κ2) is 10.1. The predicted molar refractivity (Wildman–Crippen MR) is 133 cm³/mol. The molecular formula is C27H30N6O. The van der Waals surface area contributed by atoms with Crippen LogP contribution in [0.5, 0.6) is 5.75 Å². The maximum atomic E-state index is 5.31. The van der Waals surface area contributed by atoms with Crippen LogP contribution in [0.25, 0.3) is 0 Å². The highest BCUT2D eigenvalue weighted by Gasteiger charge is 2.30. The fraction of sp³-hybridized carbons (Fsp3) is 0.296. The van der Waals surface area contributed by atoms with Gasteiger partial charge in [-0.1, -0.05) is 60.2 Å². The van der Waals surface area contributed by atoms with E-state index in [9.17, 15) is 0 Å². The van der Waals surface area contributed by atoms with Crippen molar-refractivity contribution >= 4 is 5.69 Å². The summed E-state index contributed by atoms with van der Waals surface area (Å²) >= 11 is 0.